The minimum atomic E-state index is 0.749. The average Bonchev–Trinajstić information content (AvgIpc) is 2.76. The summed E-state index contributed by atoms with van der Waals surface area (Å²) in [4.78, 5) is 16.0. The van der Waals surface area contributed by atoms with Gasteiger partial charge in [0.1, 0.15) is 5.82 Å². The van der Waals surface area contributed by atoms with E-state index >= 15 is 0 Å². The topological polar surface area (TPSA) is 54.5 Å². The molecule has 3 rings (SSSR count). The molecule has 16 heavy (non-hydrogen) atoms. The van der Waals surface area contributed by atoms with Crippen LogP contribution in [-0.2, 0) is 0 Å². The maximum atomic E-state index is 4.44. The van der Waals surface area contributed by atoms with Crippen molar-refractivity contribution in [2.24, 2.45) is 0 Å². The lowest BCUT2D eigenvalue weighted by atomic mass is 10.3. The van der Waals surface area contributed by atoms with E-state index in [1.807, 2.05) is 25.1 Å². The maximum absolute atomic E-state index is 4.44. The second kappa shape index (κ2) is 3.41. The van der Waals surface area contributed by atoms with Crippen LogP contribution in [0.5, 0.6) is 0 Å². The summed E-state index contributed by atoms with van der Waals surface area (Å²) in [5, 5.41) is 0. The molecule has 0 spiro atoms. The molecule has 0 aliphatic carbocycles. The van der Waals surface area contributed by atoms with Gasteiger partial charge in [0.2, 0.25) is 0 Å². The minimum Gasteiger partial charge on any atom is -0.336 e. The van der Waals surface area contributed by atoms with Crippen LogP contribution in [0.25, 0.3) is 22.6 Å². The van der Waals surface area contributed by atoms with Crippen LogP contribution >= 0.6 is 0 Å². The van der Waals surface area contributed by atoms with Gasteiger partial charge in [-0.3, -0.25) is 4.98 Å². The van der Waals surface area contributed by atoms with Gasteiger partial charge < -0.3 is 4.98 Å². The van der Waals surface area contributed by atoms with Crippen molar-refractivity contribution in [1.82, 2.24) is 19.9 Å². The summed E-state index contributed by atoms with van der Waals surface area (Å²) >= 11 is 0. The highest BCUT2D eigenvalue weighted by molar-refractivity contribution is 5.78. The highest BCUT2D eigenvalue weighted by atomic mass is 15.0. The number of H-pyrrole nitrogens is 1. The van der Waals surface area contributed by atoms with Crippen molar-refractivity contribution in [2.45, 2.75) is 6.92 Å². The number of nitrogens with zero attached hydrogens (tertiary/aromatic N) is 3. The lowest BCUT2D eigenvalue weighted by Gasteiger charge is -1.93. The second-order valence-corrected chi connectivity index (χ2v) is 3.65. The van der Waals surface area contributed by atoms with E-state index in [0.29, 0.717) is 0 Å². The molecule has 0 saturated heterocycles. The van der Waals surface area contributed by atoms with Crippen LogP contribution in [0.15, 0.2) is 36.8 Å². The number of hydrogen-bond acceptors (Lipinski definition) is 3. The van der Waals surface area contributed by atoms with Gasteiger partial charge in [0.05, 0.1) is 5.52 Å². The Labute approximate surface area is 92.4 Å². The Hall–Kier alpha value is -2.23. The third-order valence-corrected chi connectivity index (χ3v) is 2.54. The van der Waals surface area contributed by atoms with Crippen LogP contribution < -0.4 is 0 Å². The van der Waals surface area contributed by atoms with Gasteiger partial charge in [-0.15, -0.1) is 0 Å². The zero-order valence-electron chi connectivity index (χ0n) is 8.81. The lowest BCUT2D eigenvalue weighted by molar-refractivity contribution is 1.26. The molecule has 0 saturated carbocycles. The molecule has 0 atom stereocenters. The summed E-state index contributed by atoms with van der Waals surface area (Å²) in [6.45, 7) is 2.04. The van der Waals surface area contributed by atoms with Gasteiger partial charge in [0.25, 0.3) is 0 Å². The molecule has 0 aromatic carbocycles. The fourth-order valence-corrected chi connectivity index (χ4v) is 1.67. The standard InChI is InChI=1S/C12H10N4/c1-8-4-6-14-12-10(8)15-11(16-12)9-3-2-5-13-7-9/h2-7H,1H3,(H,14,15,16). The minimum absolute atomic E-state index is 0.749. The van der Waals surface area contributed by atoms with Gasteiger partial charge in [-0.05, 0) is 30.7 Å². The first-order chi connectivity index (χ1) is 7.84. The van der Waals surface area contributed by atoms with Crippen LogP contribution in [-0.4, -0.2) is 19.9 Å². The molecule has 3 heterocycles. The van der Waals surface area contributed by atoms with E-state index in [4.69, 9.17) is 0 Å². The summed E-state index contributed by atoms with van der Waals surface area (Å²) in [5.74, 6) is 0.810. The van der Waals surface area contributed by atoms with Crippen LogP contribution in [0.3, 0.4) is 0 Å². The quantitative estimate of drug-likeness (QED) is 0.670. The van der Waals surface area contributed by atoms with Crippen molar-refractivity contribution in [1.29, 1.82) is 0 Å². The van der Waals surface area contributed by atoms with Gasteiger partial charge in [0.15, 0.2) is 5.65 Å². The largest absolute Gasteiger partial charge is 0.336 e. The molecule has 0 amide bonds. The second-order valence-electron chi connectivity index (χ2n) is 3.65. The van der Waals surface area contributed by atoms with Crippen molar-refractivity contribution in [3.05, 3.63) is 42.4 Å². The number of aromatic amines is 1. The van der Waals surface area contributed by atoms with Gasteiger partial charge in [-0.25, -0.2) is 9.97 Å². The number of aryl methyl sites for hydroxylation is 1. The Morgan fingerprint density at radius 2 is 2.12 bits per heavy atom. The Morgan fingerprint density at radius 3 is 2.88 bits per heavy atom. The third-order valence-electron chi connectivity index (χ3n) is 2.54. The Bertz CT molecular complexity index is 628. The molecule has 0 fully saturated rings. The van der Waals surface area contributed by atoms with E-state index in [-0.39, 0.29) is 0 Å². The van der Waals surface area contributed by atoms with E-state index in [1.54, 1.807) is 18.6 Å². The predicted octanol–water partition coefficient (Wildman–Crippen LogP) is 2.33. The maximum Gasteiger partial charge on any atom is 0.178 e. The average molecular weight is 210 g/mol. The lowest BCUT2D eigenvalue weighted by Crippen LogP contribution is -1.80. The molecule has 78 valence electrons. The molecule has 3 aromatic rings. The number of hydrogen-bond donors (Lipinski definition) is 1. The van der Waals surface area contributed by atoms with Crippen LogP contribution in [0.2, 0.25) is 0 Å². The molecule has 0 unspecified atom stereocenters. The highest BCUT2D eigenvalue weighted by Crippen LogP contribution is 2.19. The Balaban J connectivity index is 2.23. The Morgan fingerprint density at radius 1 is 1.19 bits per heavy atom. The van der Waals surface area contributed by atoms with E-state index in [0.717, 1.165) is 28.1 Å². The number of fused-ring (bicyclic) bond motifs is 1. The normalized spacial score (nSPS) is 10.8. The zero-order chi connectivity index (χ0) is 11.0. The predicted molar refractivity (Wildman–Crippen MR) is 61.9 cm³/mol. The molecular formula is C12H10N4. The molecule has 4 heteroatoms. The van der Waals surface area contributed by atoms with Crippen molar-refractivity contribution in [2.75, 3.05) is 0 Å². The Kier molecular flexibility index (Phi) is 1.93. The van der Waals surface area contributed by atoms with E-state index in [9.17, 15) is 0 Å². The summed E-state index contributed by atoms with van der Waals surface area (Å²) in [6, 6.07) is 5.83. The first kappa shape index (κ1) is 9.03. The molecule has 0 radical (unpaired) electrons. The molecule has 0 aliphatic heterocycles. The molecular weight excluding hydrogens is 200 g/mol. The number of imidazole rings is 1. The van der Waals surface area contributed by atoms with Crippen molar-refractivity contribution in [3.8, 4) is 11.4 Å². The fraction of sp³-hybridized carbons (Fsp3) is 0.0833. The smallest absolute Gasteiger partial charge is 0.178 e. The summed E-state index contributed by atoms with van der Waals surface area (Å²) in [5.41, 5.74) is 3.85. The molecule has 3 aromatic heterocycles. The van der Waals surface area contributed by atoms with E-state index in [2.05, 4.69) is 19.9 Å². The fourth-order valence-electron chi connectivity index (χ4n) is 1.67. The highest BCUT2D eigenvalue weighted by Gasteiger charge is 2.07. The molecule has 4 nitrogen and oxygen atoms in total. The van der Waals surface area contributed by atoms with Crippen LogP contribution in [0, 0.1) is 6.92 Å². The summed E-state index contributed by atoms with van der Waals surface area (Å²) in [6.07, 6.45) is 5.30. The van der Waals surface area contributed by atoms with Gasteiger partial charge in [-0.2, -0.15) is 0 Å². The summed E-state index contributed by atoms with van der Waals surface area (Å²) in [7, 11) is 0. The zero-order valence-corrected chi connectivity index (χ0v) is 8.81. The molecule has 0 bridgehead atoms. The van der Waals surface area contributed by atoms with Gasteiger partial charge in [0, 0.05) is 24.2 Å². The third kappa shape index (κ3) is 1.35. The number of nitrogens with one attached hydrogen (secondary N) is 1. The first-order valence-corrected chi connectivity index (χ1v) is 5.06. The number of pyridine rings is 2. The number of rotatable bonds is 1. The van der Waals surface area contributed by atoms with Crippen LogP contribution in [0.1, 0.15) is 5.56 Å². The SMILES string of the molecule is Cc1ccnc2nc(-c3cccnc3)[nH]c12. The van der Waals surface area contributed by atoms with E-state index in [1.165, 1.54) is 0 Å². The first-order valence-electron chi connectivity index (χ1n) is 5.06. The van der Waals surface area contributed by atoms with E-state index < -0.39 is 0 Å². The van der Waals surface area contributed by atoms with Gasteiger partial charge >= 0.3 is 0 Å². The monoisotopic (exact) mass is 210 g/mol. The molecule has 0 aliphatic rings. The van der Waals surface area contributed by atoms with Crippen molar-refractivity contribution < 1.29 is 0 Å². The van der Waals surface area contributed by atoms with Crippen molar-refractivity contribution in [3.63, 3.8) is 0 Å². The van der Waals surface area contributed by atoms with Crippen molar-refractivity contribution >= 4 is 11.2 Å². The van der Waals surface area contributed by atoms with Crippen LogP contribution in [0.4, 0.5) is 0 Å². The number of aromatic nitrogens is 4. The summed E-state index contributed by atoms with van der Waals surface area (Å²) < 4.78 is 0. The van der Waals surface area contributed by atoms with Gasteiger partial charge in [-0.1, -0.05) is 0 Å². The molecule has 1 N–H and O–H groups in total.